The summed E-state index contributed by atoms with van der Waals surface area (Å²) in [5, 5.41) is 0. The van der Waals surface area contributed by atoms with Crippen LogP contribution in [0.15, 0.2) is 0 Å². The van der Waals surface area contributed by atoms with Crippen molar-refractivity contribution in [2.75, 3.05) is 39.4 Å². The molecule has 1 N–H and O–H groups in total. The fraction of sp³-hybridized carbons (Fsp3) is 1.00. The van der Waals surface area contributed by atoms with Crippen molar-refractivity contribution in [1.29, 1.82) is 0 Å². The molecule has 1 radical (unpaired) electrons. The number of rotatable bonds is 2. The molecule has 0 amide bonds. The molecule has 1 saturated heterocycles. The Morgan fingerprint density at radius 3 is 2.00 bits per heavy atom. The van der Waals surface area contributed by atoms with E-state index < -0.39 is 0 Å². The monoisotopic (exact) mass is 142 g/mol. The van der Waals surface area contributed by atoms with Crippen LogP contribution in [0.5, 0.6) is 0 Å². The Morgan fingerprint density at radius 1 is 1.10 bits per heavy atom. The number of likely N-dealkylation sites (N-methyl/N-ethyl adjacent to an activating group) is 1. The maximum absolute atomic E-state index is 7.13. The summed E-state index contributed by atoms with van der Waals surface area (Å²) in [6.07, 6.45) is 0. The van der Waals surface area contributed by atoms with E-state index in [1.807, 2.05) is 0 Å². The van der Waals surface area contributed by atoms with Gasteiger partial charge in [-0.05, 0) is 6.54 Å². The van der Waals surface area contributed by atoms with Crippen molar-refractivity contribution in [3.05, 3.63) is 0 Å². The molecule has 1 rings (SSSR count). The van der Waals surface area contributed by atoms with Gasteiger partial charge in [0.15, 0.2) is 0 Å². The molecule has 0 saturated carbocycles. The quantitative estimate of drug-likeness (QED) is 0.537. The van der Waals surface area contributed by atoms with Crippen molar-refractivity contribution >= 4 is 0 Å². The first kappa shape index (κ1) is 7.98. The number of nitrogens with zero attached hydrogens (tertiary/aromatic N) is 2. The molecule has 0 aromatic carbocycles. The Balaban J connectivity index is 2.17. The highest BCUT2D eigenvalue weighted by Gasteiger charge is 2.12. The molecule has 0 atom stereocenters. The fourth-order valence-electron chi connectivity index (χ4n) is 1.26. The summed E-state index contributed by atoms with van der Waals surface area (Å²) in [6.45, 7) is 8.28. The molecule has 1 aliphatic heterocycles. The van der Waals surface area contributed by atoms with E-state index in [-0.39, 0.29) is 0 Å². The average molecular weight is 142 g/mol. The van der Waals surface area contributed by atoms with E-state index in [0.717, 1.165) is 32.7 Å². The zero-order valence-electron chi connectivity index (χ0n) is 6.64. The second kappa shape index (κ2) is 3.91. The van der Waals surface area contributed by atoms with Gasteiger partial charge in [0.1, 0.15) is 0 Å². The highest BCUT2D eigenvalue weighted by Crippen LogP contribution is 1.98. The van der Waals surface area contributed by atoms with Gasteiger partial charge in [0, 0.05) is 26.2 Å². The third kappa shape index (κ3) is 1.94. The fourth-order valence-corrected chi connectivity index (χ4v) is 1.26. The molecule has 0 bridgehead atoms. The first-order valence-corrected chi connectivity index (χ1v) is 3.96. The molecule has 0 unspecified atom stereocenters. The van der Waals surface area contributed by atoms with Crippen molar-refractivity contribution in [3.8, 4) is 0 Å². The van der Waals surface area contributed by atoms with E-state index in [0.29, 0.717) is 6.67 Å². The molecule has 3 heteroatoms. The van der Waals surface area contributed by atoms with E-state index in [4.69, 9.17) is 5.73 Å². The lowest BCUT2D eigenvalue weighted by atomic mass is 10.3. The minimum absolute atomic E-state index is 0.470. The van der Waals surface area contributed by atoms with Crippen LogP contribution in [-0.2, 0) is 0 Å². The van der Waals surface area contributed by atoms with Crippen LogP contribution >= 0.6 is 0 Å². The zero-order valence-corrected chi connectivity index (χ0v) is 6.64. The Labute approximate surface area is 62.8 Å². The van der Waals surface area contributed by atoms with E-state index >= 15 is 0 Å². The van der Waals surface area contributed by atoms with Gasteiger partial charge < -0.3 is 4.90 Å². The largest absolute Gasteiger partial charge is 0.301 e. The van der Waals surface area contributed by atoms with Gasteiger partial charge in [-0.3, -0.25) is 4.90 Å². The van der Waals surface area contributed by atoms with E-state index in [9.17, 15) is 0 Å². The second-order valence-electron chi connectivity index (χ2n) is 2.71. The first-order chi connectivity index (χ1) is 4.86. The van der Waals surface area contributed by atoms with Gasteiger partial charge in [0.2, 0.25) is 0 Å². The van der Waals surface area contributed by atoms with Gasteiger partial charge in [0.25, 0.3) is 0 Å². The van der Waals surface area contributed by atoms with Crippen LogP contribution in [0.3, 0.4) is 0 Å². The highest BCUT2D eigenvalue weighted by molar-refractivity contribution is 4.68. The SMILES string of the molecule is CCN1CCN(C[NH])CC1. The maximum Gasteiger partial charge on any atom is 0.0616 e. The molecule has 0 aromatic rings. The molecule has 59 valence electrons. The maximum atomic E-state index is 7.13. The van der Waals surface area contributed by atoms with Crippen molar-refractivity contribution in [1.82, 2.24) is 15.5 Å². The molecule has 0 spiro atoms. The minimum Gasteiger partial charge on any atom is -0.301 e. The topological polar surface area (TPSA) is 30.3 Å². The van der Waals surface area contributed by atoms with Gasteiger partial charge >= 0.3 is 0 Å². The highest BCUT2D eigenvalue weighted by atomic mass is 15.3. The van der Waals surface area contributed by atoms with Crippen molar-refractivity contribution in [3.63, 3.8) is 0 Å². The Kier molecular flexibility index (Phi) is 3.12. The normalized spacial score (nSPS) is 23.4. The van der Waals surface area contributed by atoms with Gasteiger partial charge in [-0.25, -0.2) is 5.73 Å². The number of hydrogen-bond donors (Lipinski definition) is 0. The zero-order chi connectivity index (χ0) is 7.40. The lowest BCUT2D eigenvalue weighted by Crippen LogP contribution is -2.46. The average Bonchev–Trinajstić information content (AvgIpc) is 2.05. The molecule has 1 fully saturated rings. The molecule has 1 aliphatic rings. The molecular weight excluding hydrogens is 126 g/mol. The van der Waals surface area contributed by atoms with Crippen LogP contribution in [0, 0.1) is 0 Å². The first-order valence-electron chi connectivity index (χ1n) is 3.96. The molecule has 0 aliphatic carbocycles. The smallest absolute Gasteiger partial charge is 0.0616 e. The summed E-state index contributed by atoms with van der Waals surface area (Å²) < 4.78 is 0. The summed E-state index contributed by atoms with van der Waals surface area (Å²) in [4.78, 5) is 4.60. The van der Waals surface area contributed by atoms with Crippen LogP contribution in [0.25, 0.3) is 0 Å². The summed E-state index contributed by atoms with van der Waals surface area (Å²) in [5.41, 5.74) is 7.13. The summed E-state index contributed by atoms with van der Waals surface area (Å²) >= 11 is 0. The Morgan fingerprint density at radius 2 is 1.60 bits per heavy atom. The van der Waals surface area contributed by atoms with Gasteiger partial charge in [-0.1, -0.05) is 6.92 Å². The third-order valence-electron chi connectivity index (χ3n) is 2.14. The van der Waals surface area contributed by atoms with Crippen LogP contribution in [0.1, 0.15) is 6.92 Å². The van der Waals surface area contributed by atoms with Gasteiger partial charge in [0.05, 0.1) is 6.67 Å². The predicted molar refractivity (Wildman–Crippen MR) is 41.7 cm³/mol. The number of hydrogen-bond acceptors (Lipinski definition) is 2. The van der Waals surface area contributed by atoms with E-state index in [1.165, 1.54) is 0 Å². The standard InChI is InChI=1S/C7H16N3/c1-2-9-3-5-10(7-8)6-4-9/h8H,2-7H2,1H3. The van der Waals surface area contributed by atoms with Crippen LogP contribution in [0.2, 0.25) is 0 Å². The second-order valence-corrected chi connectivity index (χ2v) is 2.71. The summed E-state index contributed by atoms with van der Waals surface area (Å²) in [7, 11) is 0. The van der Waals surface area contributed by atoms with E-state index in [1.54, 1.807) is 0 Å². The molecule has 3 nitrogen and oxygen atoms in total. The molecule has 10 heavy (non-hydrogen) atoms. The number of nitrogens with one attached hydrogen (secondary N) is 1. The minimum atomic E-state index is 0.470. The lowest BCUT2D eigenvalue weighted by molar-refractivity contribution is 0.138. The van der Waals surface area contributed by atoms with Crippen LogP contribution < -0.4 is 5.73 Å². The lowest BCUT2D eigenvalue weighted by Gasteiger charge is -2.32. The summed E-state index contributed by atoms with van der Waals surface area (Å²) in [6, 6.07) is 0. The Hall–Kier alpha value is -0.120. The van der Waals surface area contributed by atoms with Crippen LogP contribution in [0.4, 0.5) is 0 Å². The predicted octanol–water partition coefficient (Wildman–Crippen LogP) is -0.136. The van der Waals surface area contributed by atoms with E-state index in [2.05, 4.69) is 16.7 Å². The molecule has 1 heterocycles. The van der Waals surface area contributed by atoms with Gasteiger partial charge in [-0.2, -0.15) is 0 Å². The Bertz CT molecular complexity index is 74.9. The van der Waals surface area contributed by atoms with Crippen LogP contribution in [-0.4, -0.2) is 49.2 Å². The molecule has 0 aromatic heterocycles. The summed E-state index contributed by atoms with van der Waals surface area (Å²) in [5.74, 6) is 0. The van der Waals surface area contributed by atoms with Crippen molar-refractivity contribution in [2.24, 2.45) is 0 Å². The third-order valence-corrected chi connectivity index (χ3v) is 2.14. The van der Waals surface area contributed by atoms with Gasteiger partial charge in [-0.15, -0.1) is 0 Å². The molecular formula is C7H16N3. The van der Waals surface area contributed by atoms with Crippen molar-refractivity contribution in [2.45, 2.75) is 6.92 Å². The van der Waals surface area contributed by atoms with Crippen molar-refractivity contribution < 1.29 is 0 Å². The number of piperazine rings is 1.